The zero-order chi connectivity index (χ0) is 18.5. The highest BCUT2D eigenvalue weighted by atomic mass is 32.1. The van der Waals surface area contributed by atoms with Crippen molar-refractivity contribution in [2.75, 3.05) is 19.5 Å². The number of hydrogen-bond donors (Lipinski definition) is 1. The fourth-order valence-corrected chi connectivity index (χ4v) is 2.88. The Morgan fingerprint density at radius 1 is 1.08 bits per heavy atom. The molecule has 132 valence electrons. The maximum atomic E-state index is 12.6. The van der Waals surface area contributed by atoms with Crippen LogP contribution in [0.5, 0.6) is 5.75 Å². The first kappa shape index (κ1) is 17.6. The summed E-state index contributed by atoms with van der Waals surface area (Å²) in [5.41, 5.74) is 2.18. The number of carbonyl (C=O) groups is 2. The van der Waals surface area contributed by atoms with Gasteiger partial charge < -0.3 is 14.8 Å². The normalized spacial score (nSPS) is 10.2. The Morgan fingerprint density at radius 3 is 2.54 bits per heavy atom. The molecule has 0 unspecified atom stereocenters. The van der Waals surface area contributed by atoms with Crippen molar-refractivity contribution in [1.29, 1.82) is 0 Å². The number of aromatic nitrogens is 2. The van der Waals surface area contributed by atoms with E-state index in [0.29, 0.717) is 27.6 Å². The highest BCUT2D eigenvalue weighted by molar-refractivity contribution is 7.08. The van der Waals surface area contributed by atoms with Gasteiger partial charge in [-0.1, -0.05) is 16.6 Å². The van der Waals surface area contributed by atoms with Gasteiger partial charge in [-0.3, -0.25) is 4.79 Å². The smallest absolute Gasteiger partial charge is 0.337 e. The summed E-state index contributed by atoms with van der Waals surface area (Å²) in [5.74, 6) is -0.0984. The number of carbonyl (C=O) groups excluding carboxylic acids is 2. The van der Waals surface area contributed by atoms with E-state index in [0.717, 1.165) is 17.1 Å². The molecule has 0 saturated heterocycles. The molecule has 3 aromatic rings. The van der Waals surface area contributed by atoms with Crippen molar-refractivity contribution >= 4 is 29.1 Å². The summed E-state index contributed by atoms with van der Waals surface area (Å²) in [5, 5.41) is 6.84. The minimum atomic E-state index is -0.435. The average molecular weight is 369 g/mol. The summed E-state index contributed by atoms with van der Waals surface area (Å²) in [4.78, 5) is 24.4. The van der Waals surface area contributed by atoms with Crippen LogP contribution in [0, 0.1) is 0 Å². The molecule has 0 atom stereocenters. The summed E-state index contributed by atoms with van der Waals surface area (Å²) < 4.78 is 13.7. The molecule has 2 aromatic carbocycles. The topological polar surface area (TPSA) is 90.4 Å². The van der Waals surface area contributed by atoms with Crippen molar-refractivity contribution in [3.63, 3.8) is 0 Å². The van der Waals surface area contributed by atoms with Crippen LogP contribution in [0.25, 0.3) is 11.3 Å². The Balaban J connectivity index is 1.81. The van der Waals surface area contributed by atoms with Crippen molar-refractivity contribution in [2.45, 2.75) is 0 Å². The van der Waals surface area contributed by atoms with E-state index in [2.05, 4.69) is 19.6 Å². The van der Waals surface area contributed by atoms with Gasteiger partial charge in [0.2, 0.25) is 0 Å². The predicted octanol–water partition coefficient (Wildman–Crippen LogP) is 3.25. The zero-order valence-corrected chi connectivity index (χ0v) is 14.9. The van der Waals surface area contributed by atoms with Crippen LogP contribution in [0.3, 0.4) is 0 Å². The second-order valence-corrected chi connectivity index (χ2v) is 5.96. The fourth-order valence-electron chi connectivity index (χ4n) is 2.29. The molecule has 7 nitrogen and oxygen atoms in total. The van der Waals surface area contributed by atoms with Crippen molar-refractivity contribution in [3.8, 4) is 17.0 Å². The predicted molar refractivity (Wildman–Crippen MR) is 97.6 cm³/mol. The summed E-state index contributed by atoms with van der Waals surface area (Å²) >= 11 is 1.01. The summed E-state index contributed by atoms with van der Waals surface area (Å²) in [7, 11) is 2.89. The van der Waals surface area contributed by atoms with Gasteiger partial charge in [0.05, 0.1) is 19.8 Å². The molecule has 0 aliphatic carbocycles. The number of nitrogens with one attached hydrogen (secondary N) is 1. The molecule has 1 amide bonds. The van der Waals surface area contributed by atoms with Crippen molar-refractivity contribution in [1.82, 2.24) is 9.59 Å². The molecule has 0 radical (unpaired) electrons. The van der Waals surface area contributed by atoms with Gasteiger partial charge >= 0.3 is 5.97 Å². The van der Waals surface area contributed by atoms with E-state index in [1.54, 1.807) is 37.4 Å². The lowest BCUT2D eigenvalue weighted by atomic mass is 10.1. The number of anilines is 1. The Morgan fingerprint density at radius 2 is 1.85 bits per heavy atom. The van der Waals surface area contributed by atoms with E-state index in [1.807, 2.05) is 18.2 Å². The lowest BCUT2D eigenvalue weighted by molar-refractivity contribution is 0.0600. The van der Waals surface area contributed by atoms with Crippen LogP contribution in [-0.4, -0.2) is 35.7 Å². The Kier molecular flexibility index (Phi) is 5.23. The lowest BCUT2D eigenvalue weighted by Crippen LogP contribution is -2.11. The number of amides is 1. The number of hydrogen-bond acceptors (Lipinski definition) is 7. The summed E-state index contributed by atoms with van der Waals surface area (Å²) in [6.45, 7) is 0. The number of methoxy groups -OCH3 is 2. The molecule has 0 saturated carbocycles. The molecule has 1 N–H and O–H groups in total. The maximum Gasteiger partial charge on any atom is 0.337 e. The monoisotopic (exact) mass is 369 g/mol. The molecule has 1 aromatic heterocycles. The van der Waals surface area contributed by atoms with Gasteiger partial charge in [-0.05, 0) is 47.9 Å². The van der Waals surface area contributed by atoms with E-state index < -0.39 is 5.97 Å². The van der Waals surface area contributed by atoms with Crippen molar-refractivity contribution in [2.24, 2.45) is 0 Å². The van der Waals surface area contributed by atoms with Crippen LogP contribution < -0.4 is 10.1 Å². The van der Waals surface area contributed by atoms with Crippen LogP contribution >= 0.6 is 11.5 Å². The number of nitrogens with zero attached hydrogens (tertiary/aromatic N) is 2. The molecule has 26 heavy (non-hydrogen) atoms. The number of ether oxygens (including phenoxy) is 2. The van der Waals surface area contributed by atoms with E-state index in [1.165, 1.54) is 7.11 Å². The van der Waals surface area contributed by atoms with Gasteiger partial charge in [-0.2, -0.15) is 0 Å². The second kappa shape index (κ2) is 7.75. The molecule has 3 rings (SSSR count). The number of esters is 1. The molecular weight excluding hydrogens is 354 g/mol. The van der Waals surface area contributed by atoms with Gasteiger partial charge in [-0.15, -0.1) is 5.10 Å². The van der Waals surface area contributed by atoms with E-state index in [-0.39, 0.29) is 5.91 Å². The molecule has 0 aliphatic rings. The van der Waals surface area contributed by atoms with Crippen molar-refractivity contribution in [3.05, 3.63) is 59.0 Å². The largest absolute Gasteiger partial charge is 0.497 e. The van der Waals surface area contributed by atoms with Gasteiger partial charge in [0.1, 0.15) is 16.3 Å². The second-order valence-electron chi connectivity index (χ2n) is 5.21. The number of rotatable bonds is 5. The minimum absolute atomic E-state index is 0.330. The summed E-state index contributed by atoms with van der Waals surface area (Å²) in [6, 6.07) is 13.7. The minimum Gasteiger partial charge on any atom is -0.497 e. The first-order valence-corrected chi connectivity index (χ1v) is 8.36. The van der Waals surface area contributed by atoms with Crippen LogP contribution in [0.1, 0.15) is 20.0 Å². The van der Waals surface area contributed by atoms with Crippen LogP contribution in [0.4, 0.5) is 5.69 Å². The lowest BCUT2D eigenvalue weighted by Gasteiger charge is -2.06. The van der Waals surface area contributed by atoms with E-state index in [9.17, 15) is 9.59 Å². The first-order valence-electron chi connectivity index (χ1n) is 7.59. The Labute approximate surface area is 153 Å². The zero-order valence-electron chi connectivity index (χ0n) is 14.1. The molecule has 0 spiro atoms. The van der Waals surface area contributed by atoms with Crippen LogP contribution in [-0.2, 0) is 4.74 Å². The Bertz CT molecular complexity index is 938. The molecule has 0 aliphatic heterocycles. The molecule has 0 fully saturated rings. The van der Waals surface area contributed by atoms with Crippen LogP contribution in [0.2, 0.25) is 0 Å². The highest BCUT2D eigenvalue weighted by Crippen LogP contribution is 2.27. The highest BCUT2D eigenvalue weighted by Gasteiger charge is 2.18. The van der Waals surface area contributed by atoms with Crippen LogP contribution in [0.15, 0.2) is 48.5 Å². The molecule has 1 heterocycles. The molecular formula is C18H15N3O4S. The molecule has 8 heteroatoms. The maximum absolute atomic E-state index is 12.6. The fraction of sp³-hybridized carbons (Fsp3) is 0.111. The SMILES string of the molecule is COC(=O)c1ccc(NC(=O)c2snnc2-c2cccc(OC)c2)cc1. The van der Waals surface area contributed by atoms with Crippen molar-refractivity contribution < 1.29 is 19.1 Å². The quantitative estimate of drug-likeness (QED) is 0.694. The van der Waals surface area contributed by atoms with Gasteiger partial charge in [0.25, 0.3) is 5.91 Å². The summed E-state index contributed by atoms with van der Waals surface area (Å²) in [6.07, 6.45) is 0. The third kappa shape index (κ3) is 3.70. The van der Waals surface area contributed by atoms with E-state index >= 15 is 0 Å². The third-order valence-corrected chi connectivity index (χ3v) is 4.33. The molecule has 0 bridgehead atoms. The Hall–Kier alpha value is -3.26. The van der Waals surface area contributed by atoms with Gasteiger partial charge in [-0.25, -0.2) is 4.79 Å². The van der Waals surface area contributed by atoms with Gasteiger partial charge in [0.15, 0.2) is 0 Å². The van der Waals surface area contributed by atoms with E-state index in [4.69, 9.17) is 4.74 Å². The third-order valence-electron chi connectivity index (χ3n) is 3.60. The standard InChI is InChI=1S/C18H15N3O4S/c1-24-14-5-3-4-12(10-14)15-16(26-21-20-15)17(22)19-13-8-6-11(7-9-13)18(23)25-2/h3-10H,1-2H3,(H,19,22). The van der Waals surface area contributed by atoms with Gasteiger partial charge in [0, 0.05) is 11.3 Å². The number of benzene rings is 2. The first-order chi connectivity index (χ1) is 12.6. The average Bonchev–Trinajstić information content (AvgIpc) is 3.18.